The fourth-order valence-electron chi connectivity index (χ4n) is 5.34. The van der Waals surface area contributed by atoms with Gasteiger partial charge in [-0.05, 0) is 54.4 Å². The zero-order valence-electron chi connectivity index (χ0n) is 15.0. The van der Waals surface area contributed by atoms with Gasteiger partial charge in [0.1, 0.15) is 12.5 Å². The molecule has 9 heteroatoms. The molecular formula is C20H16F4N2O3. The van der Waals surface area contributed by atoms with Crippen molar-refractivity contribution in [3.05, 3.63) is 42.2 Å². The molecule has 6 rings (SSSR count). The standard InChI is InChI=1S/C20H16F4N2O3/c21-9-1-3-10(4-2-9)25(19(29)20(22,23)24)8-26-17(27)15-11-5-6-12(14-7-13(11)14)16(15)18(26)28/h1-6,11-16H,7-8H2/t11-,12-,13-,14+,15-,16+/m0/s1. The van der Waals surface area contributed by atoms with E-state index in [0.717, 1.165) is 35.6 Å². The molecule has 1 aromatic carbocycles. The number of carbonyl (C=O) groups excluding carboxylic acids is 3. The number of hydrogen-bond acceptors (Lipinski definition) is 3. The van der Waals surface area contributed by atoms with E-state index in [2.05, 4.69) is 0 Å². The Bertz CT molecular complexity index is 906. The van der Waals surface area contributed by atoms with E-state index in [1.165, 1.54) is 0 Å². The van der Waals surface area contributed by atoms with Gasteiger partial charge in [0.15, 0.2) is 0 Å². The zero-order valence-corrected chi connectivity index (χ0v) is 15.0. The minimum Gasteiger partial charge on any atom is -0.286 e. The molecule has 5 aliphatic rings. The van der Waals surface area contributed by atoms with E-state index in [4.69, 9.17) is 0 Å². The highest BCUT2D eigenvalue weighted by Crippen LogP contribution is 2.65. The van der Waals surface area contributed by atoms with Crippen molar-refractivity contribution in [2.45, 2.75) is 12.6 Å². The highest BCUT2D eigenvalue weighted by atomic mass is 19.4. The van der Waals surface area contributed by atoms with Gasteiger partial charge in [-0.25, -0.2) is 4.39 Å². The molecule has 3 amide bonds. The van der Waals surface area contributed by atoms with Gasteiger partial charge in [-0.3, -0.25) is 24.2 Å². The van der Waals surface area contributed by atoms with Crippen LogP contribution in [0.5, 0.6) is 0 Å². The summed E-state index contributed by atoms with van der Waals surface area (Å²) in [5, 5.41) is 0. The van der Waals surface area contributed by atoms with Gasteiger partial charge < -0.3 is 0 Å². The van der Waals surface area contributed by atoms with Crippen molar-refractivity contribution in [2.75, 3.05) is 11.6 Å². The van der Waals surface area contributed by atoms with Gasteiger partial charge in [0, 0.05) is 5.69 Å². The SMILES string of the molecule is O=C1[C@@H]2[C@H]3C=C[C@@H]([C@@H]4C[C@H]34)[C@@H]2C(=O)N1CN(C(=O)C(F)(F)F)c1ccc(F)cc1. The fourth-order valence-corrected chi connectivity index (χ4v) is 5.34. The van der Waals surface area contributed by atoms with E-state index in [0.29, 0.717) is 16.7 Å². The van der Waals surface area contributed by atoms with Crippen molar-refractivity contribution < 1.29 is 31.9 Å². The molecule has 0 N–H and O–H groups in total. The van der Waals surface area contributed by atoms with Crippen LogP contribution in [-0.2, 0) is 14.4 Å². The van der Waals surface area contributed by atoms with Crippen LogP contribution in [0.25, 0.3) is 0 Å². The normalized spacial score (nSPS) is 34.3. The summed E-state index contributed by atoms with van der Waals surface area (Å²) in [7, 11) is 0. The summed E-state index contributed by atoms with van der Waals surface area (Å²) < 4.78 is 52.7. The van der Waals surface area contributed by atoms with Crippen molar-refractivity contribution in [1.29, 1.82) is 0 Å². The van der Waals surface area contributed by atoms with Gasteiger partial charge in [0.2, 0.25) is 11.8 Å². The monoisotopic (exact) mass is 408 g/mol. The van der Waals surface area contributed by atoms with Gasteiger partial charge in [-0.15, -0.1) is 0 Å². The van der Waals surface area contributed by atoms with E-state index in [-0.39, 0.29) is 17.5 Å². The molecule has 6 atom stereocenters. The van der Waals surface area contributed by atoms with Crippen LogP contribution in [0, 0.1) is 41.3 Å². The summed E-state index contributed by atoms with van der Waals surface area (Å²) in [5.74, 6) is -4.56. The number of likely N-dealkylation sites (tertiary alicyclic amines) is 1. The minimum atomic E-state index is -5.21. The number of hydrogen-bond donors (Lipinski definition) is 0. The first-order valence-corrected chi connectivity index (χ1v) is 9.36. The Hall–Kier alpha value is -2.71. The van der Waals surface area contributed by atoms with Crippen LogP contribution in [0.3, 0.4) is 0 Å². The maximum atomic E-state index is 13.2. The third kappa shape index (κ3) is 2.63. The topological polar surface area (TPSA) is 57.7 Å². The average molecular weight is 408 g/mol. The summed E-state index contributed by atoms with van der Waals surface area (Å²) in [6, 6.07) is 3.85. The molecule has 0 aromatic heterocycles. The Labute approximate surface area is 162 Å². The lowest BCUT2D eigenvalue weighted by molar-refractivity contribution is -0.171. The third-order valence-electron chi connectivity index (χ3n) is 6.66. The van der Waals surface area contributed by atoms with Gasteiger partial charge in [-0.2, -0.15) is 13.2 Å². The summed E-state index contributed by atoms with van der Waals surface area (Å²) in [5.41, 5.74) is -0.242. The first kappa shape index (κ1) is 18.3. The second kappa shape index (κ2) is 5.90. The quantitative estimate of drug-likeness (QED) is 0.439. The number of alkyl halides is 3. The predicted molar refractivity (Wildman–Crippen MR) is 91.4 cm³/mol. The molecule has 1 aromatic rings. The molecule has 5 nitrogen and oxygen atoms in total. The number of benzene rings is 1. The molecule has 0 radical (unpaired) electrons. The predicted octanol–water partition coefficient (Wildman–Crippen LogP) is 2.73. The second-order valence-electron chi connectivity index (χ2n) is 8.11. The first-order valence-electron chi connectivity index (χ1n) is 9.36. The van der Waals surface area contributed by atoms with Crippen LogP contribution in [-0.4, -0.2) is 35.5 Å². The number of allylic oxidation sites excluding steroid dienone is 2. The Morgan fingerprint density at radius 2 is 1.52 bits per heavy atom. The maximum absolute atomic E-state index is 13.2. The molecule has 4 aliphatic carbocycles. The summed E-state index contributed by atoms with van der Waals surface area (Å²) in [6.45, 7) is -0.844. The largest absolute Gasteiger partial charge is 0.471 e. The maximum Gasteiger partial charge on any atom is 0.471 e. The molecule has 29 heavy (non-hydrogen) atoms. The Balaban J connectivity index is 1.46. The lowest BCUT2D eigenvalue weighted by Crippen LogP contribution is -2.49. The smallest absolute Gasteiger partial charge is 0.286 e. The van der Waals surface area contributed by atoms with Crippen molar-refractivity contribution in [3.8, 4) is 0 Å². The Morgan fingerprint density at radius 3 is 2.00 bits per heavy atom. The van der Waals surface area contributed by atoms with E-state index in [1.807, 2.05) is 12.2 Å². The number of nitrogens with zero attached hydrogens (tertiary/aromatic N) is 2. The molecule has 152 valence electrons. The van der Waals surface area contributed by atoms with Gasteiger partial charge in [0.05, 0.1) is 11.8 Å². The molecule has 2 bridgehead atoms. The number of amides is 3. The second-order valence-corrected chi connectivity index (χ2v) is 8.11. The number of rotatable bonds is 3. The lowest BCUT2D eigenvalue weighted by atomic mass is 9.63. The molecule has 1 saturated heterocycles. The van der Waals surface area contributed by atoms with Crippen molar-refractivity contribution in [3.63, 3.8) is 0 Å². The Morgan fingerprint density at radius 1 is 1.00 bits per heavy atom. The number of halogens is 4. The molecular weight excluding hydrogens is 392 g/mol. The van der Waals surface area contributed by atoms with Crippen LogP contribution in [0.4, 0.5) is 23.2 Å². The van der Waals surface area contributed by atoms with E-state index in [1.54, 1.807) is 0 Å². The van der Waals surface area contributed by atoms with Crippen LogP contribution in [0.1, 0.15) is 6.42 Å². The summed E-state index contributed by atoms with van der Waals surface area (Å²) in [4.78, 5) is 39.1. The third-order valence-corrected chi connectivity index (χ3v) is 6.66. The van der Waals surface area contributed by atoms with E-state index in [9.17, 15) is 31.9 Å². The fraction of sp³-hybridized carbons (Fsp3) is 0.450. The molecule has 3 fully saturated rings. The van der Waals surface area contributed by atoms with Crippen molar-refractivity contribution in [1.82, 2.24) is 4.90 Å². The number of anilines is 1. The Kier molecular flexibility index (Phi) is 3.73. The van der Waals surface area contributed by atoms with Crippen molar-refractivity contribution >= 4 is 23.4 Å². The molecule has 0 unspecified atom stereocenters. The summed E-state index contributed by atoms with van der Waals surface area (Å²) in [6.07, 6.45) is -0.347. The molecule has 1 aliphatic heterocycles. The molecule has 0 spiro atoms. The van der Waals surface area contributed by atoms with Gasteiger partial charge in [0.25, 0.3) is 0 Å². The lowest BCUT2D eigenvalue weighted by Gasteiger charge is -2.37. The number of imide groups is 1. The van der Waals surface area contributed by atoms with Gasteiger partial charge in [-0.1, -0.05) is 12.2 Å². The first-order chi connectivity index (χ1) is 13.7. The zero-order chi connectivity index (χ0) is 20.7. The highest BCUT2D eigenvalue weighted by Gasteiger charge is 2.67. The van der Waals surface area contributed by atoms with Gasteiger partial charge >= 0.3 is 12.1 Å². The number of carbonyl (C=O) groups is 3. The van der Waals surface area contributed by atoms with Crippen molar-refractivity contribution in [2.24, 2.45) is 35.5 Å². The van der Waals surface area contributed by atoms with Crippen LogP contribution in [0.15, 0.2) is 36.4 Å². The molecule has 1 heterocycles. The van der Waals surface area contributed by atoms with E-state index >= 15 is 0 Å². The molecule has 2 saturated carbocycles. The van der Waals surface area contributed by atoms with Crippen LogP contribution in [0.2, 0.25) is 0 Å². The highest BCUT2D eigenvalue weighted by molar-refractivity contribution is 6.07. The van der Waals surface area contributed by atoms with Crippen LogP contribution < -0.4 is 4.90 Å². The van der Waals surface area contributed by atoms with Crippen LogP contribution >= 0.6 is 0 Å². The average Bonchev–Trinajstić information content (AvgIpc) is 3.46. The summed E-state index contributed by atoms with van der Waals surface area (Å²) >= 11 is 0. The van der Waals surface area contributed by atoms with E-state index < -0.39 is 48.2 Å². The minimum absolute atomic E-state index is 0.0750.